The van der Waals surface area contributed by atoms with Crippen LogP contribution in [0.4, 0.5) is 0 Å². The van der Waals surface area contributed by atoms with Crippen molar-refractivity contribution < 1.29 is 9.84 Å². The van der Waals surface area contributed by atoms with Crippen LogP contribution in [0.2, 0.25) is 0 Å². The lowest BCUT2D eigenvalue weighted by Crippen LogP contribution is -2.21. The Bertz CT molecular complexity index is 389. The molecule has 5 heteroatoms. The summed E-state index contributed by atoms with van der Waals surface area (Å²) in [7, 11) is 1.69. The first-order chi connectivity index (χ1) is 7.04. The molecule has 0 fully saturated rings. The van der Waals surface area contributed by atoms with Gasteiger partial charge in [0.15, 0.2) is 0 Å². The summed E-state index contributed by atoms with van der Waals surface area (Å²) in [5.41, 5.74) is 0.670. The van der Waals surface area contributed by atoms with Gasteiger partial charge in [0.1, 0.15) is 18.5 Å². The lowest BCUT2D eigenvalue weighted by atomic mass is 10.3. The van der Waals surface area contributed by atoms with Crippen molar-refractivity contribution in [2.75, 3.05) is 12.5 Å². The fourth-order valence-electron chi connectivity index (χ4n) is 1.06. The molecule has 0 spiro atoms. The summed E-state index contributed by atoms with van der Waals surface area (Å²) in [6, 6.07) is 3.12. The maximum atomic E-state index is 11.4. The Hall–Kier alpha value is -1.00. The third kappa shape index (κ3) is 3.25. The standard InChI is InChI=1S/C10H14ClNO3/c1-7-3-9(4-10(14)12(7)2)15-6-8(13)5-11/h3-4,8,13H,5-6H2,1-2H3. The third-order valence-corrected chi connectivity index (χ3v) is 2.45. The molecule has 4 nitrogen and oxygen atoms in total. The maximum absolute atomic E-state index is 11.4. The van der Waals surface area contributed by atoms with Crippen LogP contribution in [0.1, 0.15) is 5.69 Å². The largest absolute Gasteiger partial charge is 0.491 e. The molecule has 1 aromatic heterocycles. The quantitative estimate of drug-likeness (QED) is 0.775. The molecule has 1 rings (SSSR count). The molecule has 0 saturated heterocycles. The minimum atomic E-state index is -0.712. The van der Waals surface area contributed by atoms with Crippen LogP contribution in [0, 0.1) is 6.92 Å². The highest BCUT2D eigenvalue weighted by Gasteiger charge is 2.05. The summed E-state index contributed by atoms with van der Waals surface area (Å²) in [5.74, 6) is 0.573. The third-order valence-electron chi connectivity index (χ3n) is 2.10. The average Bonchev–Trinajstić information content (AvgIpc) is 2.22. The van der Waals surface area contributed by atoms with Crippen molar-refractivity contribution in [1.29, 1.82) is 0 Å². The van der Waals surface area contributed by atoms with Gasteiger partial charge in [-0.2, -0.15) is 0 Å². The summed E-state index contributed by atoms with van der Waals surface area (Å²) in [6.07, 6.45) is -0.712. The number of aryl methyl sites for hydroxylation is 1. The van der Waals surface area contributed by atoms with Crippen molar-refractivity contribution in [3.8, 4) is 5.75 Å². The van der Waals surface area contributed by atoms with Gasteiger partial charge in [-0.15, -0.1) is 11.6 Å². The predicted molar refractivity (Wildman–Crippen MR) is 58.6 cm³/mol. The molecule has 0 bridgehead atoms. The zero-order chi connectivity index (χ0) is 11.4. The number of nitrogens with zero attached hydrogens (tertiary/aromatic N) is 1. The van der Waals surface area contributed by atoms with Crippen molar-refractivity contribution in [2.45, 2.75) is 13.0 Å². The van der Waals surface area contributed by atoms with Crippen LogP contribution >= 0.6 is 11.6 Å². The molecule has 84 valence electrons. The molecule has 0 saturated carbocycles. The SMILES string of the molecule is Cc1cc(OCC(O)CCl)cc(=O)n1C. The van der Waals surface area contributed by atoms with Crippen molar-refractivity contribution in [3.05, 3.63) is 28.2 Å². The molecular formula is C10H14ClNO3. The number of aliphatic hydroxyl groups excluding tert-OH is 1. The van der Waals surface area contributed by atoms with Gasteiger partial charge in [-0.25, -0.2) is 0 Å². The van der Waals surface area contributed by atoms with Gasteiger partial charge in [0.05, 0.1) is 5.88 Å². The van der Waals surface area contributed by atoms with E-state index in [1.807, 2.05) is 6.92 Å². The lowest BCUT2D eigenvalue weighted by Gasteiger charge is -2.11. The number of hydrogen-bond acceptors (Lipinski definition) is 3. The van der Waals surface area contributed by atoms with E-state index in [1.165, 1.54) is 10.6 Å². The Balaban J connectivity index is 2.75. The van der Waals surface area contributed by atoms with Crippen LogP contribution in [0.3, 0.4) is 0 Å². The summed E-state index contributed by atoms with van der Waals surface area (Å²) in [4.78, 5) is 11.4. The number of rotatable bonds is 4. The molecule has 1 N–H and O–H groups in total. The second-order valence-corrected chi connectivity index (χ2v) is 3.66. The summed E-state index contributed by atoms with van der Waals surface area (Å²) in [6.45, 7) is 1.91. The predicted octanol–water partition coefficient (Wildman–Crippen LogP) is 0.672. The average molecular weight is 232 g/mol. The number of pyridine rings is 1. The Morgan fingerprint density at radius 3 is 2.80 bits per heavy atom. The highest BCUT2D eigenvalue weighted by atomic mass is 35.5. The van der Waals surface area contributed by atoms with Crippen molar-refractivity contribution >= 4 is 11.6 Å². The molecule has 1 atom stereocenters. The Kier molecular flexibility index (Phi) is 4.17. The highest BCUT2D eigenvalue weighted by molar-refractivity contribution is 6.18. The van der Waals surface area contributed by atoms with E-state index in [-0.39, 0.29) is 18.0 Å². The molecule has 0 aliphatic heterocycles. The fraction of sp³-hybridized carbons (Fsp3) is 0.500. The van der Waals surface area contributed by atoms with Crippen LogP contribution in [0.15, 0.2) is 16.9 Å². The van der Waals surface area contributed by atoms with E-state index in [9.17, 15) is 9.90 Å². The van der Waals surface area contributed by atoms with Crippen LogP contribution in [0.5, 0.6) is 5.75 Å². The first kappa shape index (κ1) is 12.1. The zero-order valence-electron chi connectivity index (χ0n) is 8.74. The molecule has 0 amide bonds. The van der Waals surface area contributed by atoms with Crippen LogP contribution < -0.4 is 10.3 Å². The molecule has 0 radical (unpaired) electrons. The Morgan fingerprint density at radius 1 is 1.60 bits per heavy atom. The number of aliphatic hydroxyl groups is 1. The van der Waals surface area contributed by atoms with E-state index in [4.69, 9.17) is 16.3 Å². The van der Waals surface area contributed by atoms with E-state index in [0.717, 1.165) is 5.69 Å². The number of hydrogen-bond donors (Lipinski definition) is 1. The van der Waals surface area contributed by atoms with E-state index in [1.54, 1.807) is 13.1 Å². The number of ether oxygens (including phenoxy) is 1. The Labute approximate surface area is 93.1 Å². The number of alkyl halides is 1. The van der Waals surface area contributed by atoms with Gasteiger partial charge in [0.25, 0.3) is 5.56 Å². The molecule has 0 aliphatic carbocycles. The molecular weight excluding hydrogens is 218 g/mol. The maximum Gasteiger partial charge on any atom is 0.254 e. The minimum Gasteiger partial charge on any atom is -0.491 e. The van der Waals surface area contributed by atoms with Gasteiger partial charge in [-0.05, 0) is 13.0 Å². The normalized spacial score (nSPS) is 12.5. The van der Waals surface area contributed by atoms with Gasteiger partial charge in [-0.1, -0.05) is 0 Å². The molecule has 1 aromatic rings. The minimum absolute atomic E-state index is 0.0934. The molecule has 1 heterocycles. The smallest absolute Gasteiger partial charge is 0.254 e. The van der Waals surface area contributed by atoms with E-state index >= 15 is 0 Å². The van der Waals surface area contributed by atoms with Gasteiger partial charge < -0.3 is 14.4 Å². The number of halogens is 1. The summed E-state index contributed by atoms with van der Waals surface area (Å²) >= 11 is 5.41. The topological polar surface area (TPSA) is 51.5 Å². The lowest BCUT2D eigenvalue weighted by molar-refractivity contribution is 0.125. The van der Waals surface area contributed by atoms with Crippen LogP contribution in [0.25, 0.3) is 0 Å². The van der Waals surface area contributed by atoms with Crippen molar-refractivity contribution in [2.24, 2.45) is 7.05 Å². The second kappa shape index (κ2) is 5.19. The molecule has 0 aliphatic rings. The van der Waals surface area contributed by atoms with Crippen molar-refractivity contribution in [3.63, 3.8) is 0 Å². The van der Waals surface area contributed by atoms with Crippen molar-refractivity contribution in [1.82, 2.24) is 4.57 Å². The van der Waals surface area contributed by atoms with Gasteiger partial charge >= 0.3 is 0 Å². The van der Waals surface area contributed by atoms with Crippen LogP contribution in [-0.4, -0.2) is 28.3 Å². The molecule has 1 unspecified atom stereocenters. The van der Waals surface area contributed by atoms with Gasteiger partial charge in [0, 0.05) is 18.8 Å². The number of aromatic nitrogens is 1. The van der Waals surface area contributed by atoms with E-state index < -0.39 is 6.10 Å². The van der Waals surface area contributed by atoms with E-state index in [2.05, 4.69) is 0 Å². The first-order valence-electron chi connectivity index (χ1n) is 4.59. The Morgan fingerprint density at radius 2 is 2.27 bits per heavy atom. The molecule has 15 heavy (non-hydrogen) atoms. The second-order valence-electron chi connectivity index (χ2n) is 3.35. The first-order valence-corrected chi connectivity index (χ1v) is 5.12. The summed E-state index contributed by atoms with van der Waals surface area (Å²) in [5, 5.41) is 9.17. The molecule has 0 aromatic carbocycles. The summed E-state index contributed by atoms with van der Waals surface area (Å²) < 4.78 is 6.75. The highest BCUT2D eigenvalue weighted by Crippen LogP contribution is 2.09. The van der Waals surface area contributed by atoms with Gasteiger partial charge in [0.2, 0.25) is 0 Å². The van der Waals surface area contributed by atoms with Gasteiger partial charge in [-0.3, -0.25) is 4.79 Å². The zero-order valence-corrected chi connectivity index (χ0v) is 9.49. The monoisotopic (exact) mass is 231 g/mol. The van der Waals surface area contributed by atoms with Crippen LogP contribution in [-0.2, 0) is 7.05 Å². The fourth-order valence-corrected chi connectivity index (χ4v) is 1.15. The van der Waals surface area contributed by atoms with E-state index in [0.29, 0.717) is 5.75 Å².